The summed E-state index contributed by atoms with van der Waals surface area (Å²) < 4.78 is 0. The minimum absolute atomic E-state index is 0.327. The van der Waals surface area contributed by atoms with Gasteiger partial charge < -0.3 is 10.6 Å². The molecule has 4 rings (SSSR count). The summed E-state index contributed by atoms with van der Waals surface area (Å²) in [4.78, 5) is 40.7. The molecule has 1 aromatic carbocycles. The molecule has 9 heteroatoms. The van der Waals surface area contributed by atoms with E-state index < -0.39 is 29.9 Å². The van der Waals surface area contributed by atoms with Crippen LogP contribution in [0.15, 0.2) is 24.3 Å². The lowest BCUT2D eigenvalue weighted by atomic mass is 9.87. The van der Waals surface area contributed by atoms with E-state index in [4.69, 9.17) is 11.6 Å². The van der Waals surface area contributed by atoms with Crippen LogP contribution in [0.2, 0.25) is 5.02 Å². The van der Waals surface area contributed by atoms with Gasteiger partial charge in [-0.2, -0.15) is 5.26 Å². The molecule has 1 aliphatic heterocycles. The first kappa shape index (κ1) is 22.3. The molecular formula is C23H23ClN4O3S. The number of benzene rings is 1. The minimum atomic E-state index is -1.24. The summed E-state index contributed by atoms with van der Waals surface area (Å²) >= 11 is 7.38. The van der Waals surface area contributed by atoms with E-state index in [1.807, 2.05) is 0 Å². The van der Waals surface area contributed by atoms with Crippen molar-refractivity contribution in [3.05, 3.63) is 50.9 Å². The van der Waals surface area contributed by atoms with Gasteiger partial charge in [0.15, 0.2) is 0 Å². The van der Waals surface area contributed by atoms with Crippen LogP contribution in [0.1, 0.15) is 54.2 Å². The monoisotopic (exact) mass is 470 g/mol. The zero-order chi connectivity index (χ0) is 22.9. The highest BCUT2D eigenvalue weighted by Gasteiger charge is 2.51. The smallest absolute Gasteiger partial charge is 0.319 e. The molecule has 0 unspecified atom stereocenters. The lowest BCUT2D eigenvalue weighted by molar-refractivity contribution is -0.134. The zero-order valence-electron chi connectivity index (χ0n) is 17.7. The molecule has 1 saturated heterocycles. The largest absolute Gasteiger partial charge is 0.325 e. The topological polar surface area (TPSA) is 102 Å². The van der Waals surface area contributed by atoms with Crippen LogP contribution in [0.3, 0.4) is 0 Å². The van der Waals surface area contributed by atoms with Gasteiger partial charge in [0.05, 0.1) is 5.56 Å². The summed E-state index contributed by atoms with van der Waals surface area (Å²) in [6, 6.07) is 8.32. The number of hydrogen-bond donors (Lipinski definition) is 2. The summed E-state index contributed by atoms with van der Waals surface area (Å²) in [7, 11) is 0. The second kappa shape index (κ2) is 8.93. The predicted octanol–water partition coefficient (Wildman–Crippen LogP) is 4.34. The second-order valence-electron chi connectivity index (χ2n) is 8.02. The summed E-state index contributed by atoms with van der Waals surface area (Å²) in [6.07, 6.45) is 5.28. The average molecular weight is 471 g/mol. The van der Waals surface area contributed by atoms with Gasteiger partial charge in [-0.05, 0) is 55.4 Å². The Labute approximate surface area is 195 Å². The Balaban J connectivity index is 1.53. The van der Waals surface area contributed by atoms with E-state index in [-0.39, 0.29) is 0 Å². The third-order valence-corrected chi connectivity index (χ3v) is 7.59. The highest BCUT2D eigenvalue weighted by molar-refractivity contribution is 7.16. The van der Waals surface area contributed by atoms with E-state index in [0.29, 0.717) is 27.6 Å². The lowest BCUT2D eigenvalue weighted by Gasteiger charge is -2.25. The average Bonchev–Trinajstić information content (AvgIpc) is 3.10. The number of nitriles is 1. The number of rotatable bonds is 5. The van der Waals surface area contributed by atoms with E-state index in [1.54, 1.807) is 31.2 Å². The molecule has 0 bridgehead atoms. The van der Waals surface area contributed by atoms with E-state index in [0.717, 1.165) is 47.4 Å². The number of thiophene rings is 1. The van der Waals surface area contributed by atoms with Crippen molar-refractivity contribution in [2.75, 3.05) is 11.9 Å². The number of imide groups is 1. The SMILES string of the molecule is CC[C@@]1(c2ccc(Cl)cc2)NC(=O)N(CC(=O)Nc2sc3c(c2C#N)CCCCC3)C1=O. The van der Waals surface area contributed by atoms with Crippen LogP contribution in [-0.2, 0) is 28.0 Å². The van der Waals surface area contributed by atoms with Crippen LogP contribution >= 0.6 is 22.9 Å². The van der Waals surface area contributed by atoms with Crippen LogP contribution in [-0.4, -0.2) is 29.3 Å². The fourth-order valence-corrected chi connectivity index (χ4v) is 5.78. The first-order chi connectivity index (χ1) is 15.4. The Morgan fingerprint density at radius 1 is 1.25 bits per heavy atom. The van der Waals surface area contributed by atoms with Crippen molar-refractivity contribution in [1.82, 2.24) is 10.2 Å². The molecule has 2 aromatic rings. The Bertz CT molecular complexity index is 1120. The summed E-state index contributed by atoms with van der Waals surface area (Å²) in [5.41, 5.74) is 0.897. The molecule has 1 fully saturated rings. The minimum Gasteiger partial charge on any atom is -0.319 e. The number of halogens is 1. The first-order valence-electron chi connectivity index (χ1n) is 10.6. The van der Waals surface area contributed by atoms with Gasteiger partial charge in [-0.1, -0.05) is 37.1 Å². The Morgan fingerprint density at radius 3 is 2.66 bits per heavy atom. The molecule has 2 aliphatic rings. The normalized spacial score (nSPS) is 20.3. The molecule has 0 spiro atoms. The number of fused-ring (bicyclic) bond motifs is 1. The van der Waals surface area contributed by atoms with Crippen molar-refractivity contribution in [3.63, 3.8) is 0 Å². The van der Waals surface area contributed by atoms with Gasteiger partial charge in [-0.15, -0.1) is 11.3 Å². The van der Waals surface area contributed by atoms with Crippen molar-refractivity contribution >= 4 is 45.8 Å². The Morgan fingerprint density at radius 2 is 1.97 bits per heavy atom. The number of hydrogen-bond acceptors (Lipinski definition) is 5. The van der Waals surface area contributed by atoms with Crippen LogP contribution in [0, 0.1) is 11.3 Å². The molecule has 0 radical (unpaired) electrons. The van der Waals surface area contributed by atoms with Crippen molar-refractivity contribution in [3.8, 4) is 6.07 Å². The molecular weight excluding hydrogens is 448 g/mol. The number of carbonyl (C=O) groups excluding carboxylic acids is 3. The van der Waals surface area contributed by atoms with E-state index in [9.17, 15) is 19.6 Å². The van der Waals surface area contributed by atoms with Crippen LogP contribution < -0.4 is 10.6 Å². The summed E-state index contributed by atoms with van der Waals surface area (Å²) in [6.45, 7) is 1.38. The van der Waals surface area contributed by atoms with E-state index >= 15 is 0 Å². The third kappa shape index (κ3) is 3.87. The maximum atomic E-state index is 13.2. The van der Waals surface area contributed by atoms with Gasteiger partial charge in [0.25, 0.3) is 5.91 Å². The number of amides is 4. The molecule has 1 atom stereocenters. The third-order valence-electron chi connectivity index (χ3n) is 6.13. The van der Waals surface area contributed by atoms with Crippen LogP contribution in [0.5, 0.6) is 0 Å². The predicted molar refractivity (Wildman–Crippen MR) is 123 cm³/mol. The van der Waals surface area contributed by atoms with E-state index in [1.165, 1.54) is 11.3 Å². The summed E-state index contributed by atoms with van der Waals surface area (Å²) in [5, 5.41) is 16.2. The van der Waals surface area contributed by atoms with Gasteiger partial charge in [-0.25, -0.2) is 4.79 Å². The number of urea groups is 1. The van der Waals surface area contributed by atoms with Crippen LogP contribution in [0.25, 0.3) is 0 Å². The van der Waals surface area contributed by atoms with Gasteiger partial charge >= 0.3 is 6.03 Å². The molecule has 32 heavy (non-hydrogen) atoms. The maximum absolute atomic E-state index is 13.2. The number of aryl methyl sites for hydroxylation is 1. The molecule has 2 N–H and O–H groups in total. The fourth-order valence-electron chi connectivity index (χ4n) is 4.40. The van der Waals surface area contributed by atoms with Gasteiger partial charge in [0.2, 0.25) is 5.91 Å². The van der Waals surface area contributed by atoms with Crippen molar-refractivity contribution in [2.24, 2.45) is 0 Å². The van der Waals surface area contributed by atoms with Crippen molar-refractivity contribution < 1.29 is 14.4 Å². The van der Waals surface area contributed by atoms with Crippen molar-refractivity contribution in [1.29, 1.82) is 5.26 Å². The maximum Gasteiger partial charge on any atom is 0.325 e. The highest BCUT2D eigenvalue weighted by atomic mass is 35.5. The Hall–Kier alpha value is -2.89. The van der Waals surface area contributed by atoms with Gasteiger partial charge in [-0.3, -0.25) is 14.5 Å². The number of carbonyl (C=O) groups is 3. The number of nitrogens with one attached hydrogen (secondary N) is 2. The first-order valence-corrected chi connectivity index (χ1v) is 11.8. The van der Waals surface area contributed by atoms with Crippen LogP contribution in [0.4, 0.5) is 9.80 Å². The van der Waals surface area contributed by atoms with E-state index in [2.05, 4.69) is 16.7 Å². The lowest BCUT2D eigenvalue weighted by Crippen LogP contribution is -2.44. The molecule has 4 amide bonds. The quantitative estimate of drug-likeness (QED) is 0.501. The second-order valence-corrected chi connectivity index (χ2v) is 9.56. The molecule has 1 aliphatic carbocycles. The molecule has 1 aromatic heterocycles. The highest BCUT2D eigenvalue weighted by Crippen LogP contribution is 2.37. The fraction of sp³-hybridized carbons (Fsp3) is 0.391. The van der Waals surface area contributed by atoms with Gasteiger partial charge in [0, 0.05) is 9.90 Å². The van der Waals surface area contributed by atoms with Gasteiger partial charge in [0.1, 0.15) is 23.2 Å². The Kier molecular flexibility index (Phi) is 6.22. The number of anilines is 1. The molecule has 2 heterocycles. The van der Waals surface area contributed by atoms with Crippen molar-refractivity contribution in [2.45, 2.75) is 51.0 Å². The standard InChI is InChI=1S/C23H23ClN4O3S/c1-2-23(14-8-10-15(24)11-9-14)21(30)28(22(31)27-23)13-19(29)26-20-17(12-25)16-6-4-3-5-7-18(16)32-20/h8-11H,2-7,13H2,1H3,(H,26,29)(H,27,31)/t23-/m0/s1. The molecule has 7 nitrogen and oxygen atoms in total. The number of nitrogens with zero attached hydrogens (tertiary/aromatic N) is 2. The molecule has 0 saturated carbocycles. The summed E-state index contributed by atoms with van der Waals surface area (Å²) in [5.74, 6) is -0.991. The zero-order valence-corrected chi connectivity index (χ0v) is 19.2. The molecule has 166 valence electrons.